The Kier molecular flexibility index (Phi) is 5.88. The second-order valence-corrected chi connectivity index (χ2v) is 5.90. The van der Waals surface area contributed by atoms with Crippen molar-refractivity contribution in [2.75, 3.05) is 6.54 Å². The Morgan fingerprint density at radius 3 is 2.12 bits per heavy atom. The molecule has 1 amide bonds. The van der Waals surface area contributed by atoms with Gasteiger partial charge in [-0.15, -0.1) is 0 Å². The number of carbonyl (C=O) groups is 1. The SMILES string of the molecule is O=C1CCCCN1.Oc1ccc(Oc2ccc(-c3ccn[nH]3)cc2)cc1. The second kappa shape index (κ2) is 8.71. The zero-order valence-corrected chi connectivity index (χ0v) is 14.3. The van der Waals surface area contributed by atoms with Gasteiger partial charge in [-0.2, -0.15) is 5.10 Å². The van der Waals surface area contributed by atoms with Gasteiger partial charge in [0.15, 0.2) is 0 Å². The lowest BCUT2D eigenvalue weighted by molar-refractivity contribution is -0.122. The van der Waals surface area contributed by atoms with Crippen molar-refractivity contribution in [2.24, 2.45) is 0 Å². The number of H-pyrrole nitrogens is 1. The summed E-state index contributed by atoms with van der Waals surface area (Å²) in [4.78, 5) is 10.4. The van der Waals surface area contributed by atoms with E-state index in [0.717, 1.165) is 42.8 Å². The Hall–Kier alpha value is -3.28. The number of phenolic OH excluding ortho intramolecular Hbond substituents is 1. The summed E-state index contributed by atoms with van der Waals surface area (Å²) in [6.07, 6.45) is 4.69. The summed E-state index contributed by atoms with van der Waals surface area (Å²) in [6.45, 7) is 0.888. The van der Waals surface area contributed by atoms with Crippen molar-refractivity contribution in [1.29, 1.82) is 0 Å². The maximum absolute atomic E-state index is 10.4. The van der Waals surface area contributed by atoms with E-state index in [4.69, 9.17) is 4.74 Å². The van der Waals surface area contributed by atoms with Crippen LogP contribution in [0.25, 0.3) is 11.3 Å². The van der Waals surface area contributed by atoms with Crippen LogP contribution >= 0.6 is 0 Å². The Morgan fingerprint density at radius 1 is 0.923 bits per heavy atom. The van der Waals surface area contributed by atoms with Gasteiger partial charge < -0.3 is 15.2 Å². The number of piperidine rings is 1. The number of aromatic amines is 1. The molecule has 26 heavy (non-hydrogen) atoms. The number of hydrogen-bond donors (Lipinski definition) is 3. The Morgan fingerprint density at radius 2 is 1.62 bits per heavy atom. The van der Waals surface area contributed by atoms with E-state index in [1.165, 1.54) is 0 Å². The molecular formula is C20H21N3O3. The molecule has 0 aliphatic carbocycles. The second-order valence-electron chi connectivity index (χ2n) is 5.90. The number of nitrogens with one attached hydrogen (secondary N) is 2. The number of rotatable bonds is 3. The van der Waals surface area contributed by atoms with Crippen LogP contribution in [0.2, 0.25) is 0 Å². The molecule has 3 aromatic rings. The molecule has 1 saturated heterocycles. The van der Waals surface area contributed by atoms with Crippen LogP contribution in [0.3, 0.4) is 0 Å². The van der Waals surface area contributed by atoms with E-state index in [1.807, 2.05) is 30.3 Å². The summed E-state index contributed by atoms with van der Waals surface area (Å²) in [7, 11) is 0. The zero-order valence-electron chi connectivity index (χ0n) is 14.3. The van der Waals surface area contributed by atoms with Crippen LogP contribution in [0.1, 0.15) is 19.3 Å². The molecule has 1 fully saturated rings. The van der Waals surface area contributed by atoms with E-state index in [9.17, 15) is 9.90 Å². The molecule has 1 aliphatic heterocycles. The largest absolute Gasteiger partial charge is 0.508 e. The van der Waals surface area contributed by atoms with Gasteiger partial charge in [-0.25, -0.2) is 0 Å². The number of hydrogen-bond acceptors (Lipinski definition) is 4. The number of amides is 1. The van der Waals surface area contributed by atoms with E-state index in [-0.39, 0.29) is 11.7 Å². The fourth-order valence-corrected chi connectivity index (χ4v) is 2.50. The standard InChI is InChI=1S/C15H12N2O2.C5H9NO/c18-12-3-7-14(8-4-12)19-13-5-1-11(2-6-13)15-9-10-16-17-15;7-5-3-1-2-4-6-5/h1-10,18H,(H,16,17);1-4H2,(H,6,7). The average molecular weight is 351 g/mol. The number of carbonyl (C=O) groups excluding carboxylic acids is 1. The van der Waals surface area contributed by atoms with Crippen molar-refractivity contribution in [2.45, 2.75) is 19.3 Å². The molecule has 2 aromatic carbocycles. The Labute approximate surface area is 151 Å². The summed E-state index contributed by atoms with van der Waals surface area (Å²) in [6, 6.07) is 16.2. The first-order chi connectivity index (χ1) is 12.7. The lowest BCUT2D eigenvalue weighted by atomic mass is 10.1. The molecule has 6 heteroatoms. The third-order valence-electron chi connectivity index (χ3n) is 3.89. The van der Waals surface area contributed by atoms with E-state index in [0.29, 0.717) is 5.75 Å². The average Bonchev–Trinajstić information content (AvgIpc) is 3.20. The molecule has 2 heterocycles. The van der Waals surface area contributed by atoms with Gasteiger partial charge in [-0.05, 0) is 73.0 Å². The first kappa shape index (κ1) is 17.5. The molecule has 1 aromatic heterocycles. The molecule has 1 aliphatic rings. The van der Waals surface area contributed by atoms with Crippen LogP contribution in [0.4, 0.5) is 0 Å². The maximum Gasteiger partial charge on any atom is 0.219 e. The van der Waals surface area contributed by atoms with Gasteiger partial charge in [0.25, 0.3) is 0 Å². The molecule has 0 bridgehead atoms. The van der Waals surface area contributed by atoms with Crippen LogP contribution in [-0.4, -0.2) is 27.8 Å². The molecule has 0 radical (unpaired) electrons. The molecule has 134 valence electrons. The molecule has 0 unspecified atom stereocenters. The number of aromatic nitrogens is 2. The van der Waals surface area contributed by atoms with E-state index < -0.39 is 0 Å². The quantitative estimate of drug-likeness (QED) is 0.669. The van der Waals surface area contributed by atoms with Crippen molar-refractivity contribution in [3.05, 3.63) is 60.8 Å². The highest BCUT2D eigenvalue weighted by Gasteiger charge is 2.04. The molecule has 4 rings (SSSR count). The topological polar surface area (TPSA) is 87.2 Å². The van der Waals surface area contributed by atoms with E-state index in [2.05, 4.69) is 15.5 Å². The maximum atomic E-state index is 10.4. The molecule has 0 spiro atoms. The summed E-state index contributed by atoms with van der Waals surface area (Å²) >= 11 is 0. The summed E-state index contributed by atoms with van der Waals surface area (Å²) in [5.74, 6) is 1.87. The fourth-order valence-electron chi connectivity index (χ4n) is 2.50. The van der Waals surface area contributed by atoms with Gasteiger partial charge in [0, 0.05) is 19.2 Å². The van der Waals surface area contributed by atoms with Gasteiger partial charge in [0.05, 0.1) is 5.69 Å². The smallest absolute Gasteiger partial charge is 0.219 e. The van der Waals surface area contributed by atoms with E-state index in [1.54, 1.807) is 30.5 Å². The Bertz CT molecular complexity index is 805. The molecule has 3 N–H and O–H groups in total. The van der Waals surface area contributed by atoms with Gasteiger partial charge in [0.1, 0.15) is 17.2 Å². The fraction of sp³-hybridized carbons (Fsp3) is 0.200. The lowest BCUT2D eigenvalue weighted by Crippen LogP contribution is -2.28. The first-order valence-corrected chi connectivity index (χ1v) is 8.54. The van der Waals surface area contributed by atoms with Gasteiger partial charge >= 0.3 is 0 Å². The number of aromatic hydroxyl groups is 1. The minimum absolute atomic E-state index is 0.214. The number of phenols is 1. The van der Waals surface area contributed by atoms with Crippen molar-refractivity contribution in [1.82, 2.24) is 15.5 Å². The minimum atomic E-state index is 0.214. The van der Waals surface area contributed by atoms with Crippen LogP contribution in [0, 0.1) is 0 Å². The predicted molar refractivity (Wildman–Crippen MR) is 99.1 cm³/mol. The molecule has 0 atom stereocenters. The summed E-state index contributed by atoms with van der Waals surface area (Å²) < 4.78 is 5.67. The third-order valence-corrected chi connectivity index (χ3v) is 3.89. The minimum Gasteiger partial charge on any atom is -0.508 e. The van der Waals surface area contributed by atoms with E-state index >= 15 is 0 Å². The van der Waals surface area contributed by atoms with Gasteiger partial charge in [-0.3, -0.25) is 9.89 Å². The molecule has 6 nitrogen and oxygen atoms in total. The number of ether oxygens (including phenoxy) is 1. The van der Waals surface area contributed by atoms with Gasteiger partial charge in [-0.1, -0.05) is 0 Å². The highest BCUT2D eigenvalue weighted by atomic mass is 16.5. The van der Waals surface area contributed by atoms with Crippen LogP contribution < -0.4 is 10.1 Å². The van der Waals surface area contributed by atoms with Crippen molar-refractivity contribution in [3.63, 3.8) is 0 Å². The Balaban J connectivity index is 0.000000236. The zero-order chi connectivity index (χ0) is 18.2. The highest BCUT2D eigenvalue weighted by Crippen LogP contribution is 2.25. The monoisotopic (exact) mass is 351 g/mol. The van der Waals surface area contributed by atoms with Crippen molar-refractivity contribution >= 4 is 5.91 Å². The van der Waals surface area contributed by atoms with Crippen molar-refractivity contribution in [3.8, 4) is 28.5 Å². The van der Waals surface area contributed by atoms with Crippen molar-refractivity contribution < 1.29 is 14.6 Å². The predicted octanol–water partition coefficient (Wildman–Crippen LogP) is 3.86. The lowest BCUT2D eigenvalue weighted by Gasteiger charge is -2.08. The first-order valence-electron chi connectivity index (χ1n) is 8.54. The van der Waals surface area contributed by atoms with Crippen LogP contribution in [0.15, 0.2) is 60.8 Å². The highest BCUT2D eigenvalue weighted by molar-refractivity contribution is 5.76. The normalized spacial score (nSPS) is 13.3. The summed E-state index contributed by atoms with van der Waals surface area (Å²) in [5, 5.41) is 18.8. The molecule has 0 saturated carbocycles. The molecular weight excluding hydrogens is 330 g/mol. The van der Waals surface area contributed by atoms with Crippen LogP contribution in [0.5, 0.6) is 17.2 Å². The third kappa shape index (κ3) is 5.11. The van der Waals surface area contributed by atoms with Crippen LogP contribution in [-0.2, 0) is 4.79 Å². The van der Waals surface area contributed by atoms with Gasteiger partial charge in [0.2, 0.25) is 5.91 Å². The number of benzene rings is 2. The number of nitrogens with zero attached hydrogens (tertiary/aromatic N) is 1. The summed E-state index contributed by atoms with van der Waals surface area (Å²) in [5.41, 5.74) is 2.02.